The number of thiophene rings is 1. The molecule has 1 aliphatic heterocycles. The quantitative estimate of drug-likeness (QED) is 0.743. The second-order valence-corrected chi connectivity index (χ2v) is 7.82. The van der Waals surface area contributed by atoms with Crippen molar-refractivity contribution in [1.29, 1.82) is 0 Å². The number of hydrogen-bond donors (Lipinski definition) is 0. The van der Waals surface area contributed by atoms with Crippen LogP contribution >= 0.6 is 11.3 Å². The fourth-order valence-corrected chi connectivity index (χ4v) is 4.52. The molecule has 6 heteroatoms. The number of rotatable bonds is 5. The van der Waals surface area contributed by atoms with E-state index in [0.717, 1.165) is 23.3 Å². The van der Waals surface area contributed by atoms with Gasteiger partial charge in [-0.25, -0.2) is 4.39 Å². The van der Waals surface area contributed by atoms with Gasteiger partial charge < -0.3 is 4.74 Å². The van der Waals surface area contributed by atoms with Gasteiger partial charge in [0.1, 0.15) is 5.82 Å². The van der Waals surface area contributed by atoms with Gasteiger partial charge in [-0.1, -0.05) is 18.2 Å². The van der Waals surface area contributed by atoms with Crippen LogP contribution in [-0.4, -0.2) is 23.2 Å². The van der Waals surface area contributed by atoms with Crippen LogP contribution in [0.3, 0.4) is 0 Å². The molecule has 4 rings (SSSR count). The lowest BCUT2D eigenvalue weighted by molar-refractivity contribution is -0.131. The highest BCUT2D eigenvalue weighted by atomic mass is 32.1. The maximum absolute atomic E-state index is 14.5. The molecule has 0 N–H and O–H groups in total. The first-order valence-corrected chi connectivity index (χ1v) is 9.42. The molecule has 4 nitrogen and oxygen atoms in total. The van der Waals surface area contributed by atoms with Crippen LogP contribution in [0.1, 0.15) is 45.9 Å². The van der Waals surface area contributed by atoms with Gasteiger partial charge in [0.15, 0.2) is 10.8 Å². The minimum Gasteiger partial charge on any atom is -0.416 e. The number of fused-ring (bicyclic) bond motifs is 1. The Kier molecular flexibility index (Phi) is 3.75. The van der Waals surface area contributed by atoms with Crippen LogP contribution < -0.4 is 4.74 Å². The van der Waals surface area contributed by atoms with Crippen molar-refractivity contribution in [2.24, 2.45) is 5.92 Å². The first-order chi connectivity index (χ1) is 13.7. The largest absolute Gasteiger partial charge is 0.416 e. The lowest BCUT2D eigenvalue weighted by Gasteiger charge is -2.34. The molecular formula is C20H20FNO3S. The van der Waals surface area contributed by atoms with Gasteiger partial charge in [-0.3, -0.25) is 14.5 Å². The number of carbonyl (C=O) groups excluding carboxylic acids is 2. The lowest BCUT2D eigenvalue weighted by Crippen LogP contribution is -2.38. The van der Waals surface area contributed by atoms with Crippen molar-refractivity contribution >= 4 is 23.1 Å². The zero-order valence-corrected chi connectivity index (χ0v) is 14.9. The number of ether oxygens (including phenoxy) is 1. The monoisotopic (exact) mass is 376 g/mol. The molecule has 0 saturated heterocycles. The summed E-state index contributed by atoms with van der Waals surface area (Å²) in [5, 5.41) is 0.230. The Hall–Kier alpha value is -2.05. The molecule has 0 amide bonds. The van der Waals surface area contributed by atoms with E-state index in [0.29, 0.717) is 25.1 Å². The Morgan fingerprint density at radius 3 is 2.92 bits per heavy atom. The minimum atomic E-state index is -2.82. The van der Waals surface area contributed by atoms with E-state index in [4.69, 9.17) is 8.85 Å². The maximum atomic E-state index is 14.5. The summed E-state index contributed by atoms with van der Waals surface area (Å²) in [5.41, 5.74) is 1.26. The van der Waals surface area contributed by atoms with Gasteiger partial charge >= 0.3 is 5.97 Å². The highest BCUT2D eigenvalue weighted by molar-refractivity contribution is 7.14. The summed E-state index contributed by atoms with van der Waals surface area (Å²) in [5.74, 6) is -1.63. The van der Waals surface area contributed by atoms with Crippen molar-refractivity contribution in [1.82, 2.24) is 4.90 Å². The zero-order chi connectivity index (χ0) is 20.8. The number of halogens is 1. The summed E-state index contributed by atoms with van der Waals surface area (Å²) in [6.45, 7) is -1.84. The Morgan fingerprint density at radius 1 is 1.38 bits per heavy atom. The third kappa shape index (κ3) is 3.44. The third-order valence-corrected chi connectivity index (χ3v) is 6.00. The maximum Gasteiger partial charge on any atom is 0.308 e. The molecule has 26 heavy (non-hydrogen) atoms. The van der Waals surface area contributed by atoms with E-state index in [1.54, 1.807) is 24.3 Å². The second-order valence-electron chi connectivity index (χ2n) is 6.72. The molecule has 0 radical (unpaired) electrons. The van der Waals surface area contributed by atoms with Crippen molar-refractivity contribution in [3.8, 4) is 5.06 Å². The van der Waals surface area contributed by atoms with Gasteiger partial charge in [0, 0.05) is 40.4 Å². The van der Waals surface area contributed by atoms with Gasteiger partial charge in [-0.15, -0.1) is 11.3 Å². The first-order valence-electron chi connectivity index (χ1n) is 10.1. The van der Waals surface area contributed by atoms with Crippen LogP contribution in [0.15, 0.2) is 30.3 Å². The number of carbonyl (C=O) groups is 2. The fraction of sp³-hybridized carbons (Fsp3) is 0.400. The average Bonchev–Trinajstić information content (AvgIpc) is 3.43. The highest BCUT2D eigenvalue weighted by Gasteiger charge is 2.40. The Morgan fingerprint density at radius 2 is 2.19 bits per heavy atom. The molecule has 1 unspecified atom stereocenters. The highest BCUT2D eigenvalue weighted by Crippen LogP contribution is 2.41. The van der Waals surface area contributed by atoms with Crippen LogP contribution in [0, 0.1) is 11.7 Å². The molecule has 1 aromatic heterocycles. The molecule has 2 heterocycles. The van der Waals surface area contributed by atoms with Crippen molar-refractivity contribution in [2.75, 3.05) is 6.54 Å². The molecule has 1 aliphatic carbocycles. The molecule has 0 bridgehead atoms. The molecule has 2 aliphatic rings. The molecule has 1 atom stereocenters. The lowest BCUT2D eigenvalue weighted by atomic mass is 9.95. The predicted octanol–water partition coefficient (Wildman–Crippen LogP) is 3.89. The Balaban J connectivity index is 1.58. The van der Waals surface area contributed by atoms with E-state index < -0.39 is 24.7 Å². The summed E-state index contributed by atoms with van der Waals surface area (Å²) < 4.78 is 40.9. The molecule has 1 aromatic carbocycles. The summed E-state index contributed by atoms with van der Waals surface area (Å²) in [4.78, 5) is 27.6. The van der Waals surface area contributed by atoms with Crippen LogP contribution in [0.25, 0.3) is 0 Å². The summed E-state index contributed by atoms with van der Waals surface area (Å²) in [6.07, 6.45) is 2.31. The van der Waals surface area contributed by atoms with Crippen LogP contribution in [0.2, 0.25) is 0 Å². The van der Waals surface area contributed by atoms with Crippen molar-refractivity contribution in [3.63, 3.8) is 0 Å². The minimum absolute atomic E-state index is 0.0146. The number of ketones is 1. The van der Waals surface area contributed by atoms with Crippen LogP contribution in [0.4, 0.5) is 4.39 Å². The first kappa shape index (κ1) is 14.1. The van der Waals surface area contributed by atoms with E-state index in [1.165, 1.54) is 17.4 Å². The van der Waals surface area contributed by atoms with Gasteiger partial charge in [-0.2, -0.15) is 0 Å². The van der Waals surface area contributed by atoms with E-state index >= 15 is 0 Å². The van der Waals surface area contributed by atoms with E-state index in [1.807, 2.05) is 4.90 Å². The van der Waals surface area contributed by atoms with Gasteiger partial charge in [0.2, 0.25) is 0 Å². The molecule has 1 saturated carbocycles. The topological polar surface area (TPSA) is 46.6 Å². The molecule has 0 spiro atoms. The fourth-order valence-electron chi connectivity index (χ4n) is 3.51. The number of Topliss-reactive ketones (excluding diaryl/α,β-unsaturated/α-hetero) is 1. The Bertz CT molecular complexity index is 955. The number of benzene rings is 1. The van der Waals surface area contributed by atoms with Crippen molar-refractivity contribution < 1.29 is 22.8 Å². The van der Waals surface area contributed by atoms with Crippen LogP contribution in [-0.2, 0) is 22.6 Å². The standard InChI is InChI=1S/C20H20FNO3S/c1-12(23)25-18-10-14-11-22(9-8-17(14)26-18)19(20(24)13-6-7-13)15-4-2-3-5-16(15)21/h2-5,10,13,19H,6-9,11H2,1H3/i1D3. The van der Waals surface area contributed by atoms with Crippen molar-refractivity contribution in [3.05, 3.63) is 52.2 Å². The third-order valence-electron chi connectivity index (χ3n) is 4.88. The second kappa shape index (κ2) is 6.93. The Labute approximate surface area is 159 Å². The van der Waals surface area contributed by atoms with E-state index in [-0.39, 0.29) is 16.8 Å². The normalized spacial score (nSPS) is 20.4. The molecule has 136 valence electrons. The molecule has 2 aromatic rings. The zero-order valence-electron chi connectivity index (χ0n) is 17.0. The summed E-state index contributed by atoms with van der Waals surface area (Å²) in [7, 11) is 0. The van der Waals surface area contributed by atoms with E-state index in [2.05, 4.69) is 0 Å². The smallest absolute Gasteiger partial charge is 0.308 e. The van der Waals surface area contributed by atoms with Gasteiger partial charge in [0.25, 0.3) is 0 Å². The summed E-state index contributed by atoms with van der Waals surface area (Å²) >= 11 is 1.24. The predicted molar refractivity (Wildman–Crippen MR) is 96.6 cm³/mol. The number of nitrogens with zero attached hydrogens (tertiary/aromatic N) is 1. The molecular weight excluding hydrogens is 353 g/mol. The number of hydrogen-bond acceptors (Lipinski definition) is 5. The summed E-state index contributed by atoms with van der Waals surface area (Å²) in [6, 6.07) is 7.37. The number of esters is 1. The van der Waals surface area contributed by atoms with E-state index in [9.17, 15) is 14.0 Å². The molecule has 1 fully saturated rings. The SMILES string of the molecule is [2H]C([2H])([2H])C(=O)Oc1cc2c(s1)CCN(C(C(=O)C1CC1)c1ccccc1F)C2. The average molecular weight is 376 g/mol. The van der Waals surface area contributed by atoms with Gasteiger partial charge in [0.05, 0.1) is 6.04 Å². The van der Waals surface area contributed by atoms with Crippen LogP contribution in [0.5, 0.6) is 5.06 Å². The van der Waals surface area contributed by atoms with Gasteiger partial charge in [-0.05, 0) is 37.0 Å². The van der Waals surface area contributed by atoms with Crippen molar-refractivity contribution in [2.45, 2.75) is 38.7 Å².